The third-order valence-corrected chi connectivity index (χ3v) is 4.70. The lowest BCUT2D eigenvalue weighted by molar-refractivity contribution is -0.0269. The van der Waals surface area contributed by atoms with Crippen LogP contribution in [0.25, 0.3) is 5.65 Å². The molecule has 0 spiro atoms. The van der Waals surface area contributed by atoms with Crippen molar-refractivity contribution < 1.29 is 14.0 Å². The largest absolute Gasteiger partial charge is 0.496 e. The molecule has 1 atom stereocenters. The van der Waals surface area contributed by atoms with Crippen LogP contribution < -0.4 is 15.5 Å². The molecule has 1 unspecified atom stereocenters. The minimum absolute atomic E-state index is 0.175. The van der Waals surface area contributed by atoms with Crippen LogP contribution in [0.1, 0.15) is 44.4 Å². The van der Waals surface area contributed by atoms with E-state index < -0.39 is 5.72 Å². The molecule has 3 heterocycles. The number of aliphatic imine (C=N–C) groups is 1. The number of ether oxygens (including phenoxy) is 1. The Morgan fingerprint density at radius 2 is 2.17 bits per heavy atom. The van der Waals surface area contributed by atoms with Gasteiger partial charge in [-0.05, 0) is 44.5 Å². The maximum atomic E-state index is 13.8. The molecule has 0 saturated carbocycles. The van der Waals surface area contributed by atoms with Gasteiger partial charge in [-0.3, -0.25) is 0 Å². The van der Waals surface area contributed by atoms with Gasteiger partial charge in [-0.1, -0.05) is 6.92 Å². The van der Waals surface area contributed by atoms with Crippen molar-refractivity contribution in [3.63, 3.8) is 0 Å². The molecule has 0 fully saturated rings. The molecule has 0 radical (unpaired) electrons. The van der Waals surface area contributed by atoms with Crippen molar-refractivity contribution in [1.82, 2.24) is 20.1 Å². The molecule has 2 aromatic heterocycles. The van der Waals surface area contributed by atoms with E-state index in [0.717, 1.165) is 17.5 Å². The number of anilines is 1. The topological polar surface area (TPSA) is 85.1 Å². The van der Waals surface area contributed by atoms with Crippen molar-refractivity contribution in [2.75, 3.05) is 12.4 Å². The summed E-state index contributed by atoms with van der Waals surface area (Å²) in [5, 5.41) is 7.70. The first-order valence-corrected chi connectivity index (χ1v) is 9.39. The van der Waals surface area contributed by atoms with Crippen molar-refractivity contribution in [3.05, 3.63) is 53.6 Å². The number of hydrogen-bond acceptors (Lipinski definition) is 7. The molecule has 152 valence electrons. The van der Waals surface area contributed by atoms with Gasteiger partial charge in [0, 0.05) is 11.8 Å². The number of halogens is 1. The molecule has 29 heavy (non-hydrogen) atoms. The van der Waals surface area contributed by atoms with Gasteiger partial charge in [0.05, 0.1) is 24.9 Å². The standard InChI is InChI=1S/C20H23FN6O2/c1-5-15(13-10-12(21)6-7-16(13)28-4)23-17-8-9-27-19(24-17)14(11-22-27)18-25-20(2,3)29-26-18/h6-11,15H,5H2,1-4H3,(H,23,24)(H,25,26). The van der Waals surface area contributed by atoms with Crippen LogP contribution in [-0.4, -0.2) is 33.3 Å². The molecule has 0 saturated heterocycles. The zero-order chi connectivity index (χ0) is 20.6. The van der Waals surface area contributed by atoms with E-state index >= 15 is 0 Å². The summed E-state index contributed by atoms with van der Waals surface area (Å²) < 4.78 is 20.9. The highest BCUT2D eigenvalue weighted by atomic mass is 19.1. The average Bonchev–Trinajstić information content (AvgIpc) is 3.28. The summed E-state index contributed by atoms with van der Waals surface area (Å²) in [6.07, 6.45) is 4.22. The second-order valence-electron chi connectivity index (χ2n) is 7.24. The lowest BCUT2D eigenvalue weighted by atomic mass is 10.0. The number of rotatable bonds is 6. The van der Waals surface area contributed by atoms with Crippen LogP contribution in [0.15, 0.2) is 41.7 Å². The number of hydrogen-bond donors (Lipinski definition) is 2. The fraction of sp³-hybridized carbons (Fsp3) is 0.350. The Kier molecular flexibility index (Phi) is 4.83. The summed E-state index contributed by atoms with van der Waals surface area (Å²) in [6, 6.07) is 6.15. The predicted molar refractivity (Wildman–Crippen MR) is 107 cm³/mol. The number of amidine groups is 1. The minimum Gasteiger partial charge on any atom is -0.496 e. The quantitative estimate of drug-likeness (QED) is 0.662. The molecular weight excluding hydrogens is 375 g/mol. The van der Waals surface area contributed by atoms with Gasteiger partial charge in [-0.2, -0.15) is 5.10 Å². The third-order valence-electron chi connectivity index (χ3n) is 4.70. The van der Waals surface area contributed by atoms with Crippen LogP contribution in [0, 0.1) is 5.82 Å². The number of benzene rings is 1. The monoisotopic (exact) mass is 398 g/mol. The Bertz CT molecular complexity index is 1080. The number of methoxy groups -OCH3 is 1. The van der Waals surface area contributed by atoms with Gasteiger partial charge in [0.2, 0.25) is 0 Å². The number of fused-ring (bicyclic) bond motifs is 1. The lowest BCUT2D eigenvalue weighted by Crippen LogP contribution is -2.23. The van der Waals surface area contributed by atoms with Crippen LogP contribution >= 0.6 is 0 Å². The Morgan fingerprint density at radius 3 is 2.86 bits per heavy atom. The maximum absolute atomic E-state index is 13.8. The smallest absolute Gasteiger partial charge is 0.182 e. The first kappa shape index (κ1) is 19.1. The van der Waals surface area contributed by atoms with E-state index in [-0.39, 0.29) is 11.9 Å². The van der Waals surface area contributed by atoms with Crippen LogP contribution in [0.2, 0.25) is 0 Å². The number of aromatic nitrogens is 3. The highest BCUT2D eigenvalue weighted by Crippen LogP contribution is 2.30. The van der Waals surface area contributed by atoms with Crippen molar-refractivity contribution in [2.45, 2.75) is 39.0 Å². The highest BCUT2D eigenvalue weighted by molar-refractivity contribution is 6.03. The number of hydroxylamine groups is 1. The third kappa shape index (κ3) is 3.73. The minimum atomic E-state index is -0.652. The number of nitrogens with one attached hydrogen (secondary N) is 2. The Labute approximate surface area is 167 Å². The van der Waals surface area contributed by atoms with E-state index in [1.54, 1.807) is 23.9 Å². The van der Waals surface area contributed by atoms with Gasteiger partial charge in [0.25, 0.3) is 0 Å². The Balaban J connectivity index is 1.68. The normalized spacial score (nSPS) is 16.4. The lowest BCUT2D eigenvalue weighted by Gasteiger charge is -2.20. The zero-order valence-corrected chi connectivity index (χ0v) is 16.7. The van der Waals surface area contributed by atoms with Crippen LogP contribution in [0.5, 0.6) is 5.75 Å². The summed E-state index contributed by atoms with van der Waals surface area (Å²) in [6.45, 7) is 5.73. The van der Waals surface area contributed by atoms with Crippen LogP contribution in [0.3, 0.4) is 0 Å². The van der Waals surface area contributed by atoms with Gasteiger partial charge in [0.15, 0.2) is 17.2 Å². The van der Waals surface area contributed by atoms with Crippen LogP contribution in [-0.2, 0) is 4.84 Å². The maximum Gasteiger partial charge on any atom is 0.182 e. The van der Waals surface area contributed by atoms with E-state index in [0.29, 0.717) is 23.1 Å². The second-order valence-corrected chi connectivity index (χ2v) is 7.24. The molecule has 0 amide bonds. The van der Waals surface area contributed by atoms with E-state index in [2.05, 4.69) is 20.9 Å². The van der Waals surface area contributed by atoms with Gasteiger partial charge in [-0.15, -0.1) is 0 Å². The van der Waals surface area contributed by atoms with Gasteiger partial charge in [-0.25, -0.2) is 29.2 Å². The summed E-state index contributed by atoms with van der Waals surface area (Å²) >= 11 is 0. The first-order chi connectivity index (χ1) is 13.9. The molecule has 0 bridgehead atoms. The summed E-state index contributed by atoms with van der Waals surface area (Å²) in [4.78, 5) is 14.7. The molecular formula is C20H23FN6O2. The molecule has 2 N–H and O–H groups in total. The number of nitrogens with zero attached hydrogens (tertiary/aromatic N) is 4. The summed E-state index contributed by atoms with van der Waals surface area (Å²) in [5.74, 6) is 1.53. The highest BCUT2D eigenvalue weighted by Gasteiger charge is 2.28. The second kappa shape index (κ2) is 7.32. The van der Waals surface area contributed by atoms with E-state index in [1.165, 1.54) is 12.1 Å². The summed E-state index contributed by atoms with van der Waals surface area (Å²) in [5.41, 5.74) is 4.28. The molecule has 0 aliphatic carbocycles. The molecule has 9 heteroatoms. The van der Waals surface area contributed by atoms with Gasteiger partial charge >= 0.3 is 0 Å². The van der Waals surface area contributed by atoms with Crippen LogP contribution in [0.4, 0.5) is 10.2 Å². The fourth-order valence-corrected chi connectivity index (χ4v) is 3.28. The Hall–Kier alpha value is -3.20. The van der Waals surface area contributed by atoms with Crippen molar-refractivity contribution >= 4 is 17.3 Å². The summed E-state index contributed by atoms with van der Waals surface area (Å²) in [7, 11) is 1.57. The molecule has 1 aromatic carbocycles. The zero-order valence-electron chi connectivity index (χ0n) is 16.7. The van der Waals surface area contributed by atoms with Crippen molar-refractivity contribution in [2.24, 2.45) is 4.99 Å². The van der Waals surface area contributed by atoms with Crippen molar-refractivity contribution in [3.8, 4) is 5.75 Å². The van der Waals surface area contributed by atoms with E-state index in [4.69, 9.17) is 14.6 Å². The van der Waals surface area contributed by atoms with E-state index in [9.17, 15) is 4.39 Å². The molecule has 8 nitrogen and oxygen atoms in total. The SMILES string of the molecule is CCC(Nc1ccn2ncc(C3=NC(C)(C)ON3)c2n1)c1cc(F)ccc1OC. The Morgan fingerprint density at radius 1 is 1.34 bits per heavy atom. The molecule has 1 aliphatic rings. The van der Waals surface area contributed by atoms with Gasteiger partial charge < -0.3 is 10.1 Å². The van der Waals surface area contributed by atoms with E-state index in [1.807, 2.05) is 33.0 Å². The average molecular weight is 398 g/mol. The van der Waals surface area contributed by atoms with Crippen molar-refractivity contribution in [1.29, 1.82) is 0 Å². The first-order valence-electron chi connectivity index (χ1n) is 9.39. The van der Waals surface area contributed by atoms with Gasteiger partial charge in [0.1, 0.15) is 17.4 Å². The molecule has 1 aliphatic heterocycles. The molecule has 3 aromatic rings. The predicted octanol–water partition coefficient (Wildman–Crippen LogP) is 3.46. The fourth-order valence-electron chi connectivity index (χ4n) is 3.28. The molecule has 4 rings (SSSR count).